The molecule has 1 aliphatic carbocycles. The quantitative estimate of drug-likeness (QED) is 0.394. The molecule has 0 amide bonds. The third-order valence-corrected chi connectivity index (χ3v) is 3.69. The first-order valence-electron chi connectivity index (χ1n) is 8.45. The molecule has 5 nitrogen and oxygen atoms in total. The van der Waals surface area contributed by atoms with Crippen LogP contribution in [0.1, 0.15) is 51.5 Å². The van der Waals surface area contributed by atoms with Crippen molar-refractivity contribution in [1.82, 2.24) is 15.6 Å². The SMILES string of the molecule is CCCNC(=NCc1ccc(OC2CCCC2)nc1)NCC.I. The van der Waals surface area contributed by atoms with Crippen LogP contribution in [0.4, 0.5) is 0 Å². The van der Waals surface area contributed by atoms with Gasteiger partial charge in [0.15, 0.2) is 5.96 Å². The number of hydrogen-bond donors (Lipinski definition) is 2. The highest BCUT2D eigenvalue weighted by Crippen LogP contribution is 2.22. The summed E-state index contributed by atoms with van der Waals surface area (Å²) in [5.74, 6) is 1.59. The van der Waals surface area contributed by atoms with Crippen molar-refractivity contribution in [2.45, 2.75) is 58.6 Å². The molecule has 2 N–H and O–H groups in total. The lowest BCUT2D eigenvalue weighted by Gasteiger charge is -2.12. The van der Waals surface area contributed by atoms with Gasteiger partial charge in [0.2, 0.25) is 5.88 Å². The molecule has 1 heterocycles. The Bertz CT molecular complexity index is 458. The third kappa shape index (κ3) is 7.37. The van der Waals surface area contributed by atoms with Gasteiger partial charge in [-0.3, -0.25) is 0 Å². The minimum atomic E-state index is 0. The zero-order chi connectivity index (χ0) is 15.6. The van der Waals surface area contributed by atoms with E-state index in [9.17, 15) is 0 Å². The number of guanidine groups is 1. The van der Waals surface area contributed by atoms with Crippen molar-refractivity contribution in [1.29, 1.82) is 0 Å². The van der Waals surface area contributed by atoms with E-state index in [-0.39, 0.29) is 24.0 Å². The summed E-state index contributed by atoms with van der Waals surface area (Å²) in [6.07, 6.45) is 8.16. The molecule has 1 aromatic heterocycles. The van der Waals surface area contributed by atoms with Gasteiger partial charge in [0.1, 0.15) is 6.10 Å². The Kier molecular flexibility index (Phi) is 9.98. The lowest BCUT2D eigenvalue weighted by atomic mass is 10.3. The number of pyridine rings is 1. The highest BCUT2D eigenvalue weighted by atomic mass is 127. The molecule has 1 aromatic rings. The van der Waals surface area contributed by atoms with Crippen molar-refractivity contribution in [3.8, 4) is 5.88 Å². The van der Waals surface area contributed by atoms with E-state index in [0.29, 0.717) is 12.6 Å². The fourth-order valence-corrected chi connectivity index (χ4v) is 2.51. The molecule has 1 aliphatic rings. The molecule has 0 radical (unpaired) electrons. The maximum atomic E-state index is 5.88. The van der Waals surface area contributed by atoms with Crippen molar-refractivity contribution in [3.05, 3.63) is 23.9 Å². The van der Waals surface area contributed by atoms with Crippen LogP contribution in [0.25, 0.3) is 0 Å². The molecule has 0 saturated heterocycles. The summed E-state index contributed by atoms with van der Waals surface area (Å²) in [5, 5.41) is 6.54. The van der Waals surface area contributed by atoms with Gasteiger partial charge in [-0.25, -0.2) is 9.98 Å². The first-order valence-corrected chi connectivity index (χ1v) is 8.45. The predicted molar refractivity (Wildman–Crippen MR) is 106 cm³/mol. The van der Waals surface area contributed by atoms with Crippen LogP contribution >= 0.6 is 24.0 Å². The average Bonchev–Trinajstić information content (AvgIpc) is 3.04. The zero-order valence-corrected chi connectivity index (χ0v) is 16.5. The van der Waals surface area contributed by atoms with Crippen molar-refractivity contribution in [2.75, 3.05) is 13.1 Å². The monoisotopic (exact) mass is 432 g/mol. The highest BCUT2D eigenvalue weighted by molar-refractivity contribution is 14.0. The molecule has 0 spiro atoms. The number of aliphatic imine (C=N–C) groups is 1. The summed E-state index contributed by atoms with van der Waals surface area (Å²) in [6.45, 7) is 6.62. The van der Waals surface area contributed by atoms with Gasteiger partial charge in [-0.15, -0.1) is 24.0 Å². The summed E-state index contributed by atoms with van der Waals surface area (Å²) < 4.78 is 5.88. The Balaban J connectivity index is 0.00000264. The Hall–Kier alpha value is -1.05. The van der Waals surface area contributed by atoms with Gasteiger partial charge in [-0.05, 0) is 44.6 Å². The maximum Gasteiger partial charge on any atom is 0.213 e. The summed E-state index contributed by atoms with van der Waals surface area (Å²) in [4.78, 5) is 8.96. The van der Waals surface area contributed by atoms with Gasteiger partial charge in [0, 0.05) is 25.4 Å². The van der Waals surface area contributed by atoms with Crippen molar-refractivity contribution >= 4 is 29.9 Å². The van der Waals surface area contributed by atoms with Crippen LogP contribution in [0.2, 0.25) is 0 Å². The predicted octanol–water partition coefficient (Wildman–Crippen LogP) is 3.49. The van der Waals surface area contributed by atoms with E-state index < -0.39 is 0 Å². The number of nitrogens with one attached hydrogen (secondary N) is 2. The average molecular weight is 432 g/mol. The van der Waals surface area contributed by atoms with Crippen LogP contribution in [-0.2, 0) is 6.54 Å². The zero-order valence-electron chi connectivity index (χ0n) is 14.2. The van der Waals surface area contributed by atoms with Crippen molar-refractivity contribution in [3.63, 3.8) is 0 Å². The summed E-state index contributed by atoms with van der Waals surface area (Å²) in [7, 11) is 0. The first-order chi connectivity index (χ1) is 10.8. The second-order valence-electron chi connectivity index (χ2n) is 5.65. The number of nitrogens with zero attached hydrogens (tertiary/aromatic N) is 2. The molecule has 0 aromatic carbocycles. The molecule has 6 heteroatoms. The second-order valence-corrected chi connectivity index (χ2v) is 5.65. The molecule has 0 atom stereocenters. The lowest BCUT2D eigenvalue weighted by Crippen LogP contribution is -2.37. The van der Waals surface area contributed by atoms with Gasteiger partial charge in [-0.1, -0.05) is 13.0 Å². The molecule has 130 valence electrons. The van der Waals surface area contributed by atoms with E-state index in [0.717, 1.165) is 49.8 Å². The van der Waals surface area contributed by atoms with Gasteiger partial charge < -0.3 is 15.4 Å². The smallest absolute Gasteiger partial charge is 0.213 e. The summed E-state index contributed by atoms with van der Waals surface area (Å²) >= 11 is 0. The second kappa shape index (κ2) is 11.5. The van der Waals surface area contributed by atoms with Gasteiger partial charge in [0.05, 0.1) is 6.54 Å². The van der Waals surface area contributed by atoms with E-state index in [2.05, 4.69) is 34.5 Å². The van der Waals surface area contributed by atoms with Gasteiger partial charge in [0.25, 0.3) is 0 Å². The molecule has 1 fully saturated rings. The Morgan fingerprint density at radius 3 is 2.65 bits per heavy atom. The molecule has 0 bridgehead atoms. The van der Waals surface area contributed by atoms with E-state index in [1.54, 1.807) is 0 Å². The van der Waals surface area contributed by atoms with Gasteiger partial charge >= 0.3 is 0 Å². The largest absolute Gasteiger partial charge is 0.474 e. The van der Waals surface area contributed by atoms with Crippen LogP contribution in [0, 0.1) is 0 Å². The molecular formula is C17H29IN4O. The normalized spacial score (nSPS) is 15.1. The number of ether oxygens (including phenoxy) is 1. The van der Waals surface area contributed by atoms with E-state index >= 15 is 0 Å². The van der Waals surface area contributed by atoms with Crippen LogP contribution in [0.3, 0.4) is 0 Å². The fourth-order valence-electron chi connectivity index (χ4n) is 2.51. The molecule has 23 heavy (non-hydrogen) atoms. The van der Waals surface area contributed by atoms with Crippen molar-refractivity contribution < 1.29 is 4.74 Å². The minimum Gasteiger partial charge on any atom is -0.474 e. The van der Waals surface area contributed by atoms with Crippen LogP contribution in [0.15, 0.2) is 23.3 Å². The third-order valence-electron chi connectivity index (χ3n) is 3.69. The van der Waals surface area contributed by atoms with Crippen LogP contribution in [-0.4, -0.2) is 30.1 Å². The summed E-state index contributed by atoms with van der Waals surface area (Å²) in [5.41, 5.74) is 1.09. The Labute approximate surface area is 156 Å². The lowest BCUT2D eigenvalue weighted by molar-refractivity contribution is 0.201. The molecule has 0 aliphatic heterocycles. The first kappa shape index (κ1) is 20.0. The Morgan fingerprint density at radius 2 is 2.04 bits per heavy atom. The molecular weight excluding hydrogens is 403 g/mol. The topological polar surface area (TPSA) is 58.5 Å². The Morgan fingerprint density at radius 1 is 1.26 bits per heavy atom. The van der Waals surface area contributed by atoms with Gasteiger partial charge in [-0.2, -0.15) is 0 Å². The highest BCUT2D eigenvalue weighted by Gasteiger charge is 2.16. The fraction of sp³-hybridized carbons (Fsp3) is 0.647. The van der Waals surface area contributed by atoms with E-state index in [1.165, 1.54) is 12.8 Å². The summed E-state index contributed by atoms with van der Waals surface area (Å²) in [6, 6.07) is 4.00. The molecule has 2 rings (SSSR count). The van der Waals surface area contributed by atoms with E-state index in [4.69, 9.17) is 4.74 Å². The maximum absolute atomic E-state index is 5.88. The number of rotatable bonds is 7. The molecule has 0 unspecified atom stereocenters. The number of hydrogen-bond acceptors (Lipinski definition) is 3. The van der Waals surface area contributed by atoms with E-state index in [1.807, 2.05) is 18.3 Å². The number of halogens is 1. The van der Waals surface area contributed by atoms with Crippen LogP contribution < -0.4 is 15.4 Å². The number of aromatic nitrogens is 1. The van der Waals surface area contributed by atoms with Crippen molar-refractivity contribution in [2.24, 2.45) is 4.99 Å². The molecule has 1 saturated carbocycles. The standard InChI is InChI=1S/C17H28N4O.HI/c1-3-11-19-17(18-4-2)21-13-14-9-10-16(20-12-14)22-15-7-5-6-8-15;/h9-10,12,15H,3-8,11,13H2,1-2H3,(H2,18,19,21);1H. The minimum absolute atomic E-state index is 0. The van der Waals surface area contributed by atoms with Crippen LogP contribution in [0.5, 0.6) is 5.88 Å².